The number of ether oxygens (including phenoxy) is 3. The van der Waals surface area contributed by atoms with Gasteiger partial charge in [0, 0.05) is 68.8 Å². The van der Waals surface area contributed by atoms with Crippen molar-refractivity contribution < 1.29 is 41.6 Å². The van der Waals surface area contributed by atoms with Crippen LogP contribution in [0.1, 0.15) is 177 Å². The molecule has 18 heteroatoms. The zero-order valence-corrected chi connectivity index (χ0v) is 73.7. The van der Waals surface area contributed by atoms with Gasteiger partial charge in [-0.15, -0.1) is 0 Å². The molecular weight excluding hydrogens is 1690 g/mol. The van der Waals surface area contributed by atoms with E-state index < -0.39 is 48.3 Å². The van der Waals surface area contributed by atoms with E-state index in [1.54, 1.807) is 0 Å². The van der Waals surface area contributed by atoms with Crippen LogP contribution in [-0.2, 0) is 51.3 Å². The molecule has 0 N–H and O–H groups in total. The summed E-state index contributed by atoms with van der Waals surface area (Å²) in [5.74, 6) is -1.49. The maximum Gasteiger partial charge on any atom is 0.500 e. The van der Waals surface area contributed by atoms with Gasteiger partial charge in [0.15, 0.2) is 0 Å². The van der Waals surface area contributed by atoms with Crippen LogP contribution in [0.15, 0.2) is 216 Å². The fourth-order valence-electron chi connectivity index (χ4n) is 13.3. The summed E-state index contributed by atoms with van der Waals surface area (Å²) in [7, 11) is -1.71. The van der Waals surface area contributed by atoms with E-state index in [2.05, 4.69) is 252 Å². The SMILES string of the molecule is Brc1ccc(-n2c3ccc(Br)cc3c3cc(Br)ccc32)cc1.CC(C)(C)c1ccc(-c2ccc(N(c3ccc(B4OC(C)(C)C(C)(C)O4)cc3)c3cc(F)c(B4OC(C)(C)C(C)(C)O4)c(F)c3)cc2)cc1.CCC1(COCCCCCCOCc2ccc(Br)cc2)COC1.CCCCCCCCc1ccc(Br)cc1. The minimum Gasteiger partial charge on any atom is -0.399 e. The first-order chi connectivity index (χ1) is 51.9. The molecule has 0 atom stereocenters. The molecule has 0 unspecified atom stereocenters. The van der Waals surface area contributed by atoms with Crippen molar-refractivity contribution in [2.24, 2.45) is 5.41 Å². The van der Waals surface area contributed by atoms with Crippen molar-refractivity contribution in [3.8, 4) is 16.8 Å². The van der Waals surface area contributed by atoms with Gasteiger partial charge in [-0.25, -0.2) is 8.78 Å². The summed E-state index contributed by atoms with van der Waals surface area (Å²) in [6, 6.07) is 65.2. The summed E-state index contributed by atoms with van der Waals surface area (Å²) in [6.45, 7) is 31.6. The Morgan fingerprint density at radius 1 is 0.450 bits per heavy atom. The molecule has 10 aromatic rings. The highest BCUT2D eigenvalue weighted by atomic mass is 79.9. The standard InChI is InChI=1S/C40H47B2F2NO4.C19H29BrO3.C18H10Br3N.C14H21Br/c1-36(2,3)28-16-12-26(13-17-28)27-14-20-30(21-15-27)45(31-22-18-29(19-23-31)41-46-37(4,5)38(6,7)47-41)32-24-33(43)35(34(44)25-32)42-48-39(8,9)40(10,11)49-42;1-2-19(15-23-16-19)14-22-12-6-4-3-5-11-21-13-17-7-9-18(20)10-8-17;19-11-1-5-14(6-2-11)22-17-7-3-12(20)9-15(17)16-10-13(21)4-8-18(16)22;1-2-3-4-5-6-7-8-13-9-11-14(15)12-10-13/h12-25H,1-11H3;7-10H,2-6,11-16H2,1H3;1-10H;9-12H,2-8H2,1H3. The van der Waals surface area contributed by atoms with Crippen LogP contribution < -0.4 is 15.8 Å². The third kappa shape index (κ3) is 22.8. The summed E-state index contributed by atoms with van der Waals surface area (Å²) in [5, 5.41) is 2.49. The van der Waals surface area contributed by atoms with Crippen molar-refractivity contribution in [2.75, 3.05) is 37.9 Å². The van der Waals surface area contributed by atoms with Gasteiger partial charge in [0.25, 0.3) is 0 Å². The van der Waals surface area contributed by atoms with Gasteiger partial charge in [0.2, 0.25) is 0 Å². The Bertz CT molecular complexity index is 4430. The average molecular weight is 1800 g/mol. The van der Waals surface area contributed by atoms with Crippen LogP contribution in [0.3, 0.4) is 0 Å². The molecule has 0 saturated carbocycles. The van der Waals surface area contributed by atoms with Crippen LogP contribution in [0, 0.1) is 17.0 Å². The molecule has 4 heterocycles. The molecule has 3 aliphatic heterocycles. The van der Waals surface area contributed by atoms with E-state index in [0.29, 0.717) is 23.4 Å². The summed E-state index contributed by atoms with van der Waals surface area (Å²) >= 11 is 17.6. The molecule has 9 nitrogen and oxygen atoms in total. The number of hydrogen-bond donors (Lipinski definition) is 0. The Hall–Kier alpha value is -5.31. The van der Waals surface area contributed by atoms with Gasteiger partial charge in [-0.3, -0.25) is 0 Å². The van der Waals surface area contributed by atoms with Gasteiger partial charge >= 0.3 is 14.2 Å². The first-order valence-corrected chi connectivity index (χ1v) is 42.5. The second-order valence-electron chi connectivity index (χ2n) is 32.1. The lowest BCUT2D eigenvalue weighted by atomic mass is 9.78. The van der Waals surface area contributed by atoms with E-state index >= 15 is 8.78 Å². The van der Waals surface area contributed by atoms with Crippen molar-refractivity contribution in [2.45, 2.75) is 201 Å². The fourth-order valence-corrected chi connectivity index (χ4v) is 14.8. The number of hydrogen-bond acceptors (Lipinski definition) is 8. The van der Waals surface area contributed by atoms with Crippen molar-refractivity contribution >= 4 is 144 Å². The number of fused-ring (bicyclic) bond motifs is 3. The first kappa shape index (κ1) is 86.1. The Morgan fingerprint density at radius 2 is 0.872 bits per heavy atom. The normalized spacial score (nSPS) is 15.9. The van der Waals surface area contributed by atoms with Crippen molar-refractivity contribution in [3.05, 3.63) is 245 Å². The molecule has 0 radical (unpaired) electrons. The fraction of sp³-hybridized carbons (Fsp3) is 0.407. The van der Waals surface area contributed by atoms with E-state index in [9.17, 15) is 0 Å². The Balaban J connectivity index is 0.000000174. The molecule has 3 fully saturated rings. The molecule has 9 aromatic carbocycles. The van der Waals surface area contributed by atoms with Gasteiger partial charge in [0.05, 0.1) is 71.0 Å². The monoisotopic (exact) mass is 1790 g/mol. The highest BCUT2D eigenvalue weighted by molar-refractivity contribution is 9.11. The summed E-state index contributed by atoms with van der Waals surface area (Å²) < 4.78 is 81.3. The molecule has 13 rings (SSSR count). The van der Waals surface area contributed by atoms with Crippen LogP contribution in [0.5, 0.6) is 0 Å². The largest absolute Gasteiger partial charge is 0.500 e. The molecule has 0 spiro atoms. The van der Waals surface area contributed by atoms with Crippen LogP contribution in [0.25, 0.3) is 38.6 Å². The van der Waals surface area contributed by atoms with Gasteiger partial charge in [-0.2, -0.15) is 0 Å². The molecule has 1 aromatic heterocycles. The lowest BCUT2D eigenvalue weighted by Crippen LogP contribution is -2.45. The molecule has 0 amide bonds. The Morgan fingerprint density at radius 3 is 1.34 bits per heavy atom. The quantitative estimate of drug-likeness (QED) is 0.0392. The minimum atomic E-state index is -1.17. The highest BCUT2D eigenvalue weighted by Crippen LogP contribution is 2.42. The number of aryl methyl sites for hydroxylation is 1. The molecular formula is C91H107B2Br5F2N2O7. The number of anilines is 3. The smallest absolute Gasteiger partial charge is 0.399 e. The van der Waals surface area contributed by atoms with Crippen LogP contribution >= 0.6 is 79.6 Å². The molecule has 0 bridgehead atoms. The number of nitrogens with zero attached hydrogens (tertiary/aromatic N) is 2. The third-order valence-electron chi connectivity index (χ3n) is 21.7. The molecule has 578 valence electrons. The molecule has 0 aliphatic carbocycles. The van der Waals surface area contributed by atoms with E-state index in [1.165, 1.54) is 113 Å². The lowest BCUT2D eigenvalue weighted by molar-refractivity contribution is -0.150. The maximum absolute atomic E-state index is 16.0. The lowest BCUT2D eigenvalue weighted by Gasteiger charge is -2.40. The predicted molar refractivity (Wildman–Crippen MR) is 468 cm³/mol. The van der Waals surface area contributed by atoms with Gasteiger partial charge < -0.3 is 42.3 Å². The zero-order valence-electron chi connectivity index (χ0n) is 65.8. The third-order valence-corrected chi connectivity index (χ3v) is 24.3. The van der Waals surface area contributed by atoms with Crippen molar-refractivity contribution in [1.82, 2.24) is 4.57 Å². The Labute approximate surface area is 690 Å². The van der Waals surface area contributed by atoms with E-state index in [4.69, 9.17) is 32.8 Å². The number of rotatable bonds is 26. The van der Waals surface area contributed by atoms with Gasteiger partial charge in [-0.05, 0) is 248 Å². The van der Waals surface area contributed by atoms with Crippen molar-refractivity contribution in [1.29, 1.82) is 0 Å². The second kappa shape index (κ2) is 38.7. The maximum atomic E-state index is 16.0. The molecule has 3 saturated heterocycles. The van der Waals surface area contributed by atoms with Gasteiger partial charge in [-0.1, -0.05) is 232 Å². The number of benzene rings is 9. The van der Waals surface area contributed by atoms with Gasteiger partial charge in [0.1, 0.15) is 11.6 Å². The number of unbranched alkanes of at least 4 members (excludes halogenated alkanes) is 8. The predicted octanol–water partition coefficient (Wildman–Crippen LogP) is 26.4. The first-order valence-electron chi connectivity index (χ1n) is 38.6. The summed E-state index contributed by atoms with van der Waals surface area (Å²) in [6.07, 6.45) is 15.4. The highest BCUT2D eigenvalue weighted by Gasteiger charge is 2.54. The topological polar surface area (TPSA) is 72.8 Å². The van der Waals surface area contributed by atoms with E-state index in [0.717, 1.165) is 98.2 Å². The average Bonchev–Trinajstić information content (AvgIpc) is 1.60. The van der Waals surface area contributed by atoms with Crippen LogP contribution in [0.2, 0.25) is 0 Å². The number of aromatic nitrogens is 1. The van der Waals surface area contributed by atoms with Crippen LogP contribution in [-0.4, -0.2) is 74.2 Å². The molecule has 109 heavy (non-hydrogen) atoms. The van der Waals surface area contributed by atoms with E-state index in [1.807, 2.05) is 109 Å². The second-order valence-corrected chi connectivity index (χ2v) is 36.7. The summed E-state index contributed by atoms with van der Waals surface area (Å²) in [4.78, 5) is 1.83. The zero-order chi connectivity index (χ0) is 78.3. The minimum absolute atomic E-state index is 0.0589. The number of halogens is 7. The Kier molecular flexibility index (Phi) is 30.6. The van der Waals surface area contributed by atoms with Crippen molar-refractivity contribution in [3.63, 3.8) is 0 Å². The van der Waals surface area contributed by atoms with Crippen LogP contribution in [0.4, 0.5) is 25.8 Å². The summed E-state index contributed by atoms with van der Waals surface area (Å²) in [5.41, 5.74) is 9.96. The van der Waals surface area contributed by atoms with E-state index in [-0.39, 0.29) is 10.9 Å². The molecule has 3 aliphatic rings.